The summed E-state index contributed by atoms with van der Waals surface area (Å²) < 4.78 is 1.77. The van der Waals surface area contributed by atoms with Crippen molar-refractivity contribution in [1.82, 2.24) is 9.55 Å². The number of aromatic nitrogens is 2. The van der Waals surface area contributed by atoms with Gasteiger partial charge in [-0.1, -0.05) is 56.3 Å². The van der Waals surface area contributed by atoms with Gasteiger partial charge in [-0.25, -0.2) is 4.98 Å². The van der Waals surface area contributed by atoms with E-state index in [2.05, 4.69) is 6.07 Å². The third kappa shape index (κ3) is 3.48. The second-order valence-corrected chi connectivity index (χ2v) is 8.61. The van der Waals surface area contributed by atoms with Crippen LogP contribution >= 0.6 is 11.3 Å². The fourth-order valence-corrected chi connectivity index (χ4v) is 4.72. The van der Waals surface area contributed by atoms with Crippen molar-refractivity contribution in [2.45, 2.75) is 33.2 Å². The second kappa shape index (κ2) is 7.65. The smallest absolute Gasteiger partial charge is 0.263 e. The van der Waals surface area contributed by atoms with E-state index in [0.717, 1.165) is 32.2 Å². The van der Waals surface area contributed by atoms with Crippen molar-refractivity contribution in [2.24, 2.45) is 0 Å². The van der Waals surface area contributed by atoms with Gasteiger partial charge in [-0.2, -0.15) is 5.26 Å². The Labute approximate surface area is 173 Å². The van der Waals surface area contributed by atoms with E-state index in [9.17, 15) is 10.1 Å². The number of aryl methyl sites for hydroxylation is 1. The Kier molecular flexibility index (Phi) is 5.04. The van der Waals surface area contributed by atoms with Crippen LogP contribution in [0.1, 0.15) is 41.6 Å². The zero-order valence-electron chi connectivity index (χ0n) is 16.6. The summed E-state index contributed by atoms with van der Waals surface area (Å²) in [5.41, 5.74) is 3.49. The topological polar surface area (TPSA) is 58.7 Å². The van der Waals surface area contributed by atoms with Gasteiger partial charge in [0.1, 0.15) is 10.7 Å². The third-order valence-electron chi connectivity index (χ3n) is 4.99. The Bertz CT molecular complexity index is 1290. The normalized spacial score (nSPS) is 11.1. The summed E-state index contributed by atoms with van der Waals surface area (Å²) in [4.78, 5) is 20.5. The molecule has 0 saturated carbocycles. The molecule has 4 aromatic rings. The van der Waals surface area contributed by atoms with Crippen molar-refractivity contribution in [1.29, 1.82) is 5.26 Å². The van der Waals surface area contributed by atoms with Crippen LogP contribution in [-0.4, -0.2) is 9.55 Å². The summed E-state index contributed by atoms with van der Waals surface area (Å²) >= 11 is 1.57. The lowest BCUT2D eigenvalue weighted by Crippen LogP contribution is -2.26. The van der Waals surface area contributed by atoms with Crippen LogP contribution in [0.25, 0.3) is 21.3 Å². The number of rotatable bonds is 4. The van der Waals surface area contributed by atoms with Crippen LogP contribution in [0.5, 0.6) is 0 Å². The van der Waals surface area contributed by atoms with Gasteiger partial charge in [0.2, 0.25) is 0 Å². The molecule has 0 amide bonds. The van der Waals surface area contributed by atoms with E-state index in [1.54, 1.807) is 22.0 Å². The summed E-state index contributed by atoms with van der Waals surface area (Å²) in [5, 5.41) is 9.88. The molecule has 144 valence electrons. The minimum Gasteiger partial charge on any atom is -0.291 e. The summed E-state index contributed by atoms with van der Waals surface area (Å²) in [6.07, 6.45) is 0. The highest BCUT2D eigenvalue weighted by Crippen LogP contribution is 2.36. The van der Waals surface area contributed by atoms with E-state index in [1.807, 2.05) is 69.3 Å². The predicted octanol–water partition coefficient (Wildman–Crippen LogP) is 5.48. The number of benzene rings is 2. The SMILES string of the molecule is Cc1sc2nc(C(C)C)n(Cc3cccc(C#N)c3)c(=O)c2c1-c1ccccc1. The molecule has 4 nitrogen and oxygen atoms in total. The van der Waals surface area contributed by atoms with E-state index in [-0.39, 0.29) is 11.5 Å². The molecule has 0 saturated heterocycles. The fraction of sp³-hybridized carbons (Fsp3) is 0.208. The molecule has 0 aliphatic heterocycles. The minimum absolute atomic E-state index is 0.0238. The van der Waals surface area contributed by atoms with Crippen LogP contribution < -0.4 is 5.56 Å². The Balaban J connectivity index is 1.98. The van der Waals surface area contributed by atoms with Crippen LogP contribution in [0.3, 0.4) is 0 Å². The second-order valence-electron chi connectivity index (χ2n) is 7.41. The first-order valence-corrected chi connectivity index (χ1v) is 10.4. The zero-order chi connectivity index (χ0) is 20.5. The molecule has 4 rings (SSSR count). The van der Waals surface area contributed by atoms with Crippen molar-refractivity contribution in [3.63, 3.8) is 0 Å². The van der Waals surface area contributed by atoms with Crippen molar-refractivity contribution >= 4 is 21.6 Å². The van der Waals surface area contributed by atoms with Gasteiger partial charge in [0.15, 0.2) is 0 Å². The molecule has 0 unspecified atom stereocenters. The molecule has 0 radical (unpaired) electrons. The number of fused-ring (bicyclic) bond motifs is 1. The maximum absolute atomic E-state index is 13.7. The number of nitriles is 1. The van der Waals surface area contributed by atoms with Crippen LogP contribution in [0, 0.1) is 18.3 Å². The first-order chi connectivity index (χ1) is 14.0. The Hall–Kier alpha value is -3.23. The van der Waals surface area contributed by atoms with E-state index in [1.165, 1.54) is 0 Å². The molecule has 2 aromatic carbocycles. The van der Waals surface area contributed by atoms with Gasteiger partial charge in [0.25, 0.3) is 5.56 Å². The third-order valence-corrected chi connectivity index (χ3v) is 5.99. The van der Waals surface area contributed by atoms with E-state index in [4.69, 9.17) is 4.98 Å². The van der Waals surface area contributed by atoms with E-state index in [0.29, 0.717) is 17.5 Å². The van der Waals surface area contributed by atoms with Crippen molar-refractivity contribution in [3.8, 4) is 17.2 Å². The molecule has 5 heteroatoms. The molecule has 2 heterocycles. The quantitative estimate of drug-likeness (QED) is 0.457. The molecule has 0 aliphatic carbocycles. The zero-order valence-corrected chi connectivity index (χ0v) is 17.5. The summed E-state index contributed by atoms with van der Waals surface area (Å²) in [6, 6.07) is 19.6. The first-order valence-electron chi connectivity index (χ1n) is 9.58. The predicted molar refractivity (Wildman–Crippen MR) is 118 cm³/mol. The highest BCUT2D eigenvalue weighted by Gasteiger charge is 2.21. The van der Waals surface area contributed by atoms with Crippen LogP contribution in [-0.2, 0) is 6.54 Å². The number of hydrogen-bond donors (Lipinski definition) is 0. The molecule has 0 aliphatic rings. The maximum Gasteiger partial charge on any atom is 0.263 e. The van der Waals surface area contributed by atoms with Gasteiger partial charge in [-0.3, -0.25) is 9.36 Å². The summed E-state index contributed by atoms with van der Waals surface area (Å²) in [6.45, 7) is 6.54. The van der Waals surface area contributed by atoms with Gasteiger partial charge in [-0.05, 0) is 30.2 Å². The molecule has 0 atom stereocenters. The van der Waals surface area contributed by atoms with Gasteiger partial charge in [0, 0.05) is 16.4 Å². The molecule has 0 fully saturated rings. The monoisotopic (exact) mass is 399 g/mol. The lowest BCUT2D eigenvalue weighted by atomic mass is 10.0. The largest absolute Gasteiger partial charge is 0.291 e. The molecule has 2 aromatic heterocycles. The molecule has 29 heavy (non-hydrogen) atoms. The summed E-state index contributed by atoms with van der Waals surface area (Å²) in [7, 11) is 0. The standard InChI is InChI=1S/C24H21N3OS/c1-15(2)22-26-23-21(20(16(3)29-23)19-10-5-4-6-11-19)24(28)27(22)14-18-9-7-8-17(12-18)13-25/h4-12,15H,14H2,1-3H3. The Morgan fingerprint density at radius 2 is 1.90 bits per heavy atom. The lowest BCUT2D eigenvalue weighted by Gasteiger charge is -2.15. The molecular weight excluding hydrogens is 378 g/mol. The number of nitrogens with zero attached hydrogens (tertiary/aromatic N) is 3. The van der Waals surface area contributed by atoms with Crippen molar-refractivity contribution < 1.29 is 0 Å². The fourth-order valence-electron chi connectivity index (χ4n) is 3.68. The van der Waals surface area contributed by atoms with Crippen molar-refractivity contribution in [2.75, 3.05) is 0 Å². The van der Waals surface area contributed by atoms with Crippen LogP contribution in [0.2, 0.25) is 0 Å². The number of hydrogen-bond acceptors (Lipinski definition) is 4. The average molecular weight is 400 g/mol. The number of thiophene rings is 1. The first kappa shape index (κ1) is 19.1. The minimum atomic E-state index is -0.0238. The maximum atomic E-state index is 13.7. The molecule has 0 bridgehead atoms. The Morgan fingerprint density at radius 1 is 1.14 bits per heavy atom. The van der Waals surface area contributed by atoms with Gasteiger partial charge < -0.3 is 0 Å². The lowest BCUT2D eigenvalue weighted by molar-refractivity contribution is 0.635. The summed E-state index contributed by atoms with van der Waals surface area (Å²) in [5.74, 6) is 0.875. The highest BCUT2D eigenvalue weighted by atomic mass is 32.1. The van der Waals surface area contributed by atoms with Gasteiger partial charge in [0.05, 0.1) is 23.6 Å². The van der Waals surface area contributed by atoms with E-state index >= 15 is 0 Å². The molecule has 0 N–H and O–H groups in total. The Morgan fingerprint density at radius 3 is 2.59 bits per heavy atom. The van der Waals surface area contributed by atoms with Crippen molar-refractivity contribution in [3.05, 3.63) is 86.8 Å². The van der Waals surface area contributed by atoms with Gasteiger partial charge >= 0.3 is 0 Å². The van der Waals surface area contributed by atoms with Gasteiger partial charge in [-0.15, -0.1) is 11.3 Å². The van der Waals surface area contributed by atoms with Crippen LogP contribution in [0.15, 0.2) is 59.4 Å². The van der Waals surface area contributed by atoms with Crippen LogP contribution in [0.4, 0.5) is 0 Å². The van der Waals surface area contributed by atoms with E-state index < -0.39 is 0 Å². The molecular formula is C24H21N3OS. The highest BCUT2D eigenvalue weighted by molar-refractivity contribution is 7.19. The molecule has 0 spiro atoms. The average Bonchev–Trinajstić information content (AvgIpc) is 3.06.